The minimum Gasteiger partial charge on any atom is -0.296 e. The third-order valence-electron chi connectivity index (χ3n) is 2.63. The van der Waals surface area contributed by atoms with Gasteiger partial charge in [-0.3, -0.25) is 14.4 Å². The molecule has 4 heteroatoms. The van der Waals surface area contributed by atoms with Gasteiger partial charge >= 0.3 is 0 Å². The number of rotatable bonds is 3. The monoisotopic (exact) mass is 193 g/mol. The first kappa shape index (κ1) is 9.40. The first-order valence-electron chi connectivity index (χ1n) is 4.92. The van der Waals surface area contributed by atoms with Crippen molar-refractivity contribution in [2.24, 2.45) is 7.05 Å². The molecule has 0 N–H and O–H groups in total. The van der Waals surface area contributed by atoms with Gasteiger partial charge in [0.2, 0.25) is 0 Å². The zero-order valence-electron chi connectivity index (χ0n) is 8.66. The lowest BCUT2D eigenvalue weighted by molar-refractivity contribution is 0.0874. The van der Waals surface area contributed by atoms with Crippen molar-refractivity contribution >= 4 is 5.78 Å². The number of Topliss-reactive ketones (excluding diaryl/α,β-unsaturated/α-hetero) is 1. The molecular formula is C10H15N3O. The topological polar surface area (TPSA) is 38.1 Å². The number of likely N-dealkylation sites (tertiary alicyclic amines) is 1. The quantitative estimate of drug-likeness (QED) is 0.660. The highest BCUT2D eigenvalue weighted by Gasteiger charge is 2.20. The summed E-state index contributed by atoms with van der Waals surface area (Å²) >= 11 is 0. The van der Waals surface area contributed by atoms with Crippen LogP contribution < -0.4 is 0 Å². The third-order valence-corrected chi connectivity index (χ3v) is 2.63. The molecule has 1 saturated heterocycles. The van der Waals surface area contributed by atoms with Crippen LogP contribution in [-0.2, 0) is 7.05 Å². The molecule has 0 amide bonds. The molecule has 2 heterocycles. The van der Waals surface area contributed by atoms with Crippen molar-refractivity contribution in [3.05, 3.63) is 17.5 Å². The van der Waals surface area contributed by atoms with Gasteiger partial charge in [0.15, 0.2) is 5.78 Å². The lowest BCUT2D eigenvalue weighted by atomic mass is 10.1. The van der Waals surface area contributed by atoms with Crippen LogP contribution in [0.25, 0.3) is 0 Å². The molecule has 0 bridgehead atoms. The Hall–Kier alpha value is -1.16. The molecule has 0 aromatic carbocycles. The molecule has 2 rings (SSSR count). The number of hydrogen-bond donors (Lipinski definition) is 0. The van der Waals surface area contributed by atoms with Gasteiger partial charge in [-0.15, -0.1) is 0 Å². The SMILES string of the molecule is Cc1nn(C)cc1C(=O)CN1CCC1. The number of ketones is 1. The van der Waals surface area contributed by atoms with E-state index in [9.17, 15) is 4.79 Å². The van der Waals surface area contributed by atoms with Crippen molar-refractivity contribution in [2.75, 3.05) is 19.6 Å². The normalized spacial score (nSPS) is 16.7. The summed E-state index contributed by atoms with van der Waals surface area (Å²) in [5.74, 6) is 0.190. The minimum absolute atomic E-state index is 0.190. The number of aromatic nitrogens is 2. The van der Waals surface area contributed by atoms with Crippen LogP contribution in [-0.4, -0.2) is 40.1 Å². The smallest absolute Gasteiger partial charge is 0.180 e. The Bertz CT molecular complexity index is 352. The van der Waals surface area contributed by atoms with Crippen LogP contribution in [0.4, 0.5) is 0 Å². The lowest BCUT2D eigenvalue weighted by Gasteiger charge is -2.29. The molecule has 76 valence electrons. The van der Waals surface area contributed by atoms with Crippen LogP contribution in [0.5, 0.6) is 0 Å². The van der Waals surface area contributed by atoms with Gasteiger partial charge in [-0.1, -0.05) is 0 Å². The van der Waals surface area contributed by atoms with E-state index in [1.807, 2.05) is 14.0 Å². The maximum atomic E-state index is 11.8. The van der Waals surface area contributed by atoms with Gasteiger partial charge in [-0.2, -0.15) is 5.10 Å². The van der Waals surface area contributed by atoms with Gasteiger partial charge in [0.1, 0.15) is 0 Å². The summed E-state index contributed by atoms with van der Waals surface area (Å²) in [6.45, 7) is 4.55. The summed E-state index contributed by atoms with van der Waals surface area (Å²) in [4.78, 5) is 13.9. The number of nitrogens with zero attached hydrogens (tertiary/aromatic N) is 3. The fourth-order valence-electron chi connectivity index (χ4n) is 1.70. The average molecular weight is 193 g/mol. The largest absolute Gasteiger partial charge is 0.296 e. The maximum absolute atomic E-state index is 11.8. The molecule has 0 aliphatic carbocycles. The van der Waals surface area contributed by atoms with Crippen LogP contribution in [0.1, 0.15) is 22.5 Å². The molecule has 1 fully saturated rings. The molecule has 14 heavy (non-hydrogen) atoms. The van der Waals surface area contributed by atoms with Gasteiger partial charge in [0, 0.05) is 13.2 Å². The predicted octanol–water partition coefficient (Wildman–Crippen LogP) is 0.617. The Morgan fingerprint density at radius 1 is 1.57 bits per heavy atom. The van der Waals surface area contributed by atoms with E-state index in [1.165, 1.54) is 6.42 Å². The molecule has 0 unspecified atom stereocenters. The highest BCUT2D eigenvalue weighted by molar-refractivity contribution is 5.98. The first-order chi connectivity index (χ1) is 6.66. The van der Waals surface area contributed by atoms with E-state index in [0.29, 0.717) is 6.54 Å². The van der Waals surface area contributed by atoms with Crippen molar-refractivity contribution in [1.29, 1.82) is 0 Å². The summed E-state index contributed by atoms with van der Waals surface area (Å²) in [7, 11) is 1.84. The highest BCUT2D eigenvalue weighted by atomic mass is 16.1. The van der Waals surface area contributed by atoms with Crippen molar-refractivity contribution in [3.8, 4) is 0 Å². The van der Waals surface area contributed by atoms with Crippen LogP contribution in [0.15, 0.2) is 6.20 Å². The molecule has 1 aromatic rings. The summed E-state index contributed by atoms with van der Waals surface area (Å²) in [6.07, 6.45) is 3.02. The Morgan fingerprint density at radius 3 is 2.71 bits per heavy atom. The predicted molar refractivity (Wildman–Crippen MR) is 53.3 cm³/mol. The standard InChI is InChI=1S/C10H15N3O/c1-8-9(6-12(2)11-8)10(14)7-13-4-3-5-13/h6H,3-5,7H2,1-2H3. The zero-order valence-corrected chi connectivity index (χ0v) is 8.66. The fraction of sp³-hybridized carbons (Fsp3) is 0.600. The van der Waals surface area contributed by atoms with E-state index in [2.05, 4.69) is 10.00 Å². The van der Waals surface area contributed by atoms with Crippen molar-refractivity contribution in [2.45, 2.75) is 13.3 Å². The van der Waals surface area contributed by atoms with Crippen molar-refractivity contribution in [3.63, 3.8) is 0 Å². The van der Waals surface area contributed by atoms with Crippen LogP contribution in [0, 0.1) is 6.92 Å². The number of carbonyl (C=O) groups is 1. The second kappa shape index (κ2) is 3.53. The number of aryl methyl sites for hydroxylation is 2. The third kappa shape index (κ3) is 1.70. The highest BCUT2D eigenvalue weighted by Crippen LogP contribution is 2.10. The molecule has 0 saturated carbocycles. The summed E-state index contributed by atoms with van der Waals surface area (Å²) in [5, 5.41) is 4.16. The Balaban J connectivity index is 2.06. The lowest BCUT2D eigenvalue weighted by Crippen LogP contribution is -2.40. The average Bonchev–Trinajstić information content (AvgIpc) is 2.37. The van der Waals surface area contributed by atoms with Gasteiger partial charge in [0.25, 0.3) is 0 Å². The summed E-state index contributed by atoms with van der Waals surface area (Å²) in [6, 6.07) is 0. The Kier molecular flexibility index (Phi) is 2.37. The van der Waals surface area contributed by atoms with Crippen molar-refractivity contribution < 1.29 is 4.79 Å². The Labute approximate surface area is 83.5 Å². The molecule has 0 radical (unpaired) electrons. The minimum atomic E-state index is 0.190. The molecule has 1 aliphatic rings. The number of hydrogen-bond acceptors (Lipinski definition) is 3. The van der Waals surface area contributed by atoms with E-state index in [-0.39, 0.29) is 5.78 Å². The van der Waals surface area contributed by atoms with Gasteiger partial charge < -0.3 is 0 Å². The van der Waals surface area contributed by atoms with Gasteiger partial charge in [0.05, 0.1) is 17.8 Å². The molecule has 0 atom stereocenters. The number of carbonyl (C=O) groups excluding carboxylic acids is 1. The van der Waals surface area contributed by atoms with E-state index in [1.54, 1.807) is 10.9 Å². The molecule has 0 spiro atoms. The summed E-state index contributed by atoms with van der Waals surface area (Å²) in [5.41, 5.74) is 1.59. The van der Waals surface area contributed by atoms with Crippen LogP contribution in [0.3, 0.4) is 0 Å². The van der Waals surface area contributed by atoms with E-state index >= 15 is 0 Å². The van der Waals surface area contributed by atoms with Crippen LogP contribution in [0.2, 0.25) is 0 Å². The van der Waals surface area contributed by atoms with Gasteiger partial charge in [-0.25, -0.2) is 0 Å². The maximum Gasteiger partial charge on any atom is 0.180 e. The van der Waals surface area contributed by atoms with E-state index in [4.69, 9.17) is 0 Å². The molecular weight excluding hydrogens is 178 g/mol. The van der Waals surface area contributed by atoms with Gasteiger partial charge in [-0.05, 0) is 26.4 Å². The summed E-state index contributed by atoms with van der Waals surface area (Å²) < 4.78 is 1.69. The van der Waals surface area contributed by atoms with E-state index in [0.717, 1.165) is 24.3 Å². The van der Waals surface area contributed by atoms with E-state index < -0.39 is 0 Å². The second-order valence-electron chi connectivity index (χ2n) is 3.85. The molecule has 4 nitrogen and oxygen atoms in total. The molecule has 1 aromatic heterocycles. The van der Waals surface area contributed by atoms with Crippen LogP contribution >= 0.6 is 0 Å². The molecule has 1 aliphatic heterocycles. The first-order valence-corrected chi connectivity index (χ1v) is 4.92. The zero-order chi connectivity index (χ0) is 10.1. The second-order valence-corrected chi connectivity index (χ2v) is 3.85. The fourth-order valence-corrected chi connectivity index (χ4v) is 1.70. The Morgan fingerprint density at radius 2 is 2.29 bits per heavy atom. The van der Waals surface area contributed by atoms with Crippen molar-refractivity contribution in [1.82, 2.24) is 14.7 Å².